The van der Waals surface area contributed by atoms with Crippen molar-refractivity contribution in [3.8, 4) is 11.5 Å². The smallest absolute Gasteiger partial charge is 0.232 e. The second kappa shape index (κ2) is 10.3. The summed E-state index contributed by atoms with van der Waals surface area (Å²) in [7, 11) is 0. The summed E-state index contributed by atoms with van der Waals surface area (Å²) in [5.74, 6) is 2.94. The minimum atomic E-state index is 0.0216. The highest BCUT2D eigenvalue weighted by Crippen LogP contribution is 2.31. The van der Waals surface area contributed by atoms with Crippen LogP contribution in [0, 0.1) is 0 Å². The standard InChI is InChI=1S/C24H30N6O2/c1-3-31-20-11-7-8-12-21(20)32-19-13-15-30(16-14-19)17(2)22-27-23(25)29-24(28-22)26-18-9-5-4-6-10-18/h4-12,17,19H,3,13-16H2,1-2H3,(H3,25,26,27,28,29). The van der Waals surface area contributed by atoms with Crippen molar-refractivity contribution in [1.82, 2.24) is 19.9 Å². The van der Waals surface area contributed by atoms with Crippen LogP contribution in [0.3, 0.4) is 0 Å². The lowest BCUT2D eigenvalue weighted by Gasteiger charge is -2.35. The van der Waals surface area contributed by atoms with Crippen molar-refractivity contribution in [3.05, 3.63) is 60.4 Å². The number of nitrogen functional groups attached to an aromatic ring is 1. The van der Waals surface area contributed by atoms with Gasteiger partial charge in [0, 0.05) is 18.8 Å². The molecule has 3 aromatic rings. The highest BCUT2D eigenvalue weighted by atomic mass is 16.5. The average Bonchev–Trinajstić information content (AvgIpc) is 2.81. The van der Waals surface area contributed by atoms with Gasteiger partial charge in [0.05, 0.1) is 12.6 Å². The van der Waals surface area contributed by atoms with Gasteiger partial charge < -0.3 is 20.5 Å². The molecule has 2 aromatic carbocycles. The molecule has 1 aliphatic rings. The molecule has 8 nitrogen and oxygen atoms in total. The molecule has 0 radical (unpaired) electrons. The quantitative estimate of drug-likeness (QED) is 0.544. The minimum absolute atomic E-state index is 0.0216. The van der Waals surface area contributed by atoms with E-state index in [1.54, 1.807) is 0 Å². The zero-order valence-electron chi connectivity index (χ0n) is 18.6. The zero-order chi connectivity index (χ0) is 22.3. The van der Waals surface area contributed by atoms with Crippen molar-refractivity contribution in [2.45, 2.75) is 38.8 Å². The zero-order valence-corrected chi connectivity index (χ0v) is 18.6. The van der Waals surface area contributed by atoms with Crippen molar-refractivity contribution in [3.63, 3.8) is 0 Å². The van der Waals surface area contributed by atoms with Gasteiger partial charge in [-0.15, -0.1) is 0 Å². The highest BCUT2D eigenvalue weighted by Gasteiger charge is 2.27. The molecule has 0 saturated carbocycles. The molecule has 1 unspecified atom stereocenters. The Balaban J connectivity index is 1.38. The SMILES string of the molecule is CCOc1ccccc1OC1CCN(C(C)c2nc(N)nc(Nc3ccccc3)n2)CC1. The Hall–Kier alpha value is -3.39. The molecule has 0 bridgehead atoms. The molecule has 1 aliphatic heterocycles. The molecule has 3 N–H and O–H groups in total. The summed E-state index contributed by atoms with van der Waals surface area (Å²) < 4.78 is 11.9. The predicted molar refractivity (Wildman–Crippen MR) is 125 cm³/mol. The van der Waals surface area contributed by atoms with Crippen LogP contribution in [0.15, 0.2) is 54.6 Å². The Kier molecular flexibility index (Phi) is 7.01. The molecule has 8 heteroatoms. The maximum Gasteiger partial charge on any atom is 0.232 e. The van der Waals surface area contributed by atoms with E-state index < -0.39 is 0 Å². The topological polar surface area (TPSA) is 98.4 Å². The molecule has 0 aliphatic carbocycles. The second-order valence-electron chi connectivity index (χ2n) is 7.78. The third-order valence-electron chi connectivity index (χ3n) is 5.54. The van der Waals surface area contributed by atoms with Gasteiger partial charge in [-0.1, -0.05) is 30.3 Å². The Morgan fingerprint density at radius 2 is 1.69 bits per heavy atom. The first-order valence-corrected chi connectivity index (χ1v) is 11.1. The van der Waals surface area contributed by atoms with E-state index in [2.05, 4.69) is 32.1 Å². The van der Waals surface area contributed by atoms with Crippen LogP contribution in [0.1, 0.15) is 38.6 Å². The molecule has 168 valence electrons. The first-order chi connectivity index (χ1) is 15.6. The summed E-state index contributed by atoms with van der Waals surface area (Å²) in [5.41, 5.74) is 6.88. The maximum atomic E-state index is 6.25. The highest BCUT2D eigenvalue weighted by molar-refractivity contribution is 5.53. The van der Waals surface area contributed by atoms with Gasteiger partial charge in [-0.25, -0.2) is 0 Å². The van der Waals surface area contributed by atoms with Gasteiger partial charge >= 0.3 is 0 Å². The number of rotatable bonds is 8. The van der Waals surface area contributed by atoms with E-state index in [0.717, 1.165) is 43.1 Å². The molecular weight excluding hydrogens is 404 g/mol. The number of hydrogen-bond acceptors (Lipinski definition) is 8. The lowest BCUT2D eigenvalue weighted by Crippen LogP contribution is -2.40. The molecule has 1 saturated heterocycles. The fourth-order valence-corrected chi connectivity index (χ4v) is 3.85. The molecule has 1 fully saturated rings. The molecule has 1 atom stereocenters. The normalized spacial score (nSPS) is 15.8. The Morgan fingerprint density at radius 1 is 1.00 bits per heavy atom. The fraction of sp³-hybridized carbons (Fsp3) is 0.375. The molecule has 0 spiro atoms. The van der Waals surface area contributed by atoms with Gasteiger partial charge in [0.2, 0.25) is 11.9 Å². The molecule has 1 aromatic heterocycles. The first-order valence-electron chi connectivity index (χ1n) is 11.1. The summed E-state index contributed by atoms with van der Waals surface area (Å²) in [6.07, 6.45) is 1.99. The predicted octanol–water partition coefficient (Wildman–Crippen LogP) is 4.20. The van der Waals surface area contributed by atoms with E-state index in [1.165, 1.54) is 0 Å². The molecule has 4 rings (SSSR count). The first kappa shape index (κ1) is 21.8. The summed E-state index contributed by atoms with van der Waals surface area (Å²) in [6, 6.07) is 17.7. The van der Waals surface area contributed by atoms with Gasteiger partial charge in [-0.05, 0) is 51.0 Å². The molecule has 32 heavy (non-hydrogen) atoms. The van der Waals surface area contributed by atoms with Gasteiger partial charge in [0.15, 0.2) is 17.3 Å². The van der Waals surface area contributed by atoms with Crippen molar-refractivity contribution < 1.29 is 9.47 Å². The van der Waals surface area contributed by atoms with Crippen LogP contribution in [0.5, 0.6) is 11.5 Å². The van der Waals surface area contributed by atoms with Crippen LogP contribution < -0.4 is 20.5 Å². The second-order valence-corrected chi connectivity index (χ2v) is 7.78. The number of anilines is 3. The number of benzene rings is 2. The number of likely N-dealkylation sites (tertiary alicyclic amines) is 1. The number of nitrogens with one attached hydrogen (secondary N) is 1. The van der Waals surface area contributed by atoms with Crippen molar-refractivity contribution in [2.75, 3.05) is 30.7 Å². The van der Waals surface area contributed by atoms with E-state index in [1.807, 2.05) is 61.5 Å². The van der Waals surface area contributed by atoms with Crippen molar-refractivity contribution in [2.24, 2.45) is 0 Å². The van der Waals surface area contributed by atoms with Crippen LogP contribution in [0.25, 0.3) is 0 Å². The number of hydrogen-bond donors (Lipinski definition) is 2. The monoisotopic (exact) mass is 434 g/mol. The molecule has 2 heterocycles. The van der Waals surface area contributed by atoms with Gasteiger partial charge in [0.1, 0.15) is 6.10 Å². The molecular formula is C24H30N6O2. The van der Waals surface area contributed by atoms with Crippen LogP contribution in [-0.2, 0) is 0 Å². The van der Waals surface area contributed by atoms with E-state index in [4.69, 9.17) is 15.2 Å². The van der Waals surface area contributed by atoms with E-state index in [0.29, 0.717) is 18.4 Å². The third kappa shape index (κ3) is 5.45. The summed E-state index contributed by atoms with van der Waals surface area (Å²) >= 11 is 0. The Labute approximate surface area is 188 Å². The van der Waals surface area contributed by atoms with Crippen LogP contribution in [0.4, 0.5) is 17.6 Å². The van der Waals surface area contributed by atoms with Gasteiger partial charge in [-0.3, -0.25) is 4.90 Å². The maximum absolute atomic E-state index is 6.25. The fourth-order valence-electron chi connectivity index (χ4n) is 3.85. The number of nitrogens with zero attached hydrogens (tertiary/aromatic N) is 4. The summed E-state index contributed by atoms with van der Waals surface area (Å²) in [5, 5.41) is 3.20. The van der Waals surface area contributed by atoms with Gasteiger partial charge in [0.25, 0.3) is 0 Å². The largest absolute Gasteiger partial charge is 0.490 e. The van der Waals surface area contributed by atoms with Crippen LogP contribution in [-0.4, -0.2) is 45.7 Å². The van der Waals surface area contributed by atoms with E-state index in [-0.39, 0.29) is 18.1 Å². The third-order valence-corrected chi connectivity index (χ3v) is 5.54. The number of aromatic nitrogens is 3. The summed E-state index contributed by atoms with van der Waals surface area (Å²) in [6.45, 7) is 6.47. The lowest BCUT2D eigenvalue weighted by molar-refractivity contribution is 0.0752. The van der Waals surface area contributed by atoms with Crippen LogP contribution >= 0.6 is 0 Å². The Bertz CT molecular complexity index is 1010. The lowest BCUT2D eigenvalue weighted by atomic mass is 10.1. The Morgan fingerprint density at radius 3 is 2.41 bits per heavy atom. The minimum Gasteiger partial charge on any atom is -0.490 e. The number of nitrogens with two attached hydrogens (primary N) is 1. The van der Waals surface area contributed by atoms with Crippen molar-refractivity contribution in [1.29, 1.82) is 0 Å². The van der Waals surface area contributed by atoms with Crippen LogP contribution in [0.2, 0.25) is 0 Å². The average molecular weight is 435 g/mol. The van der Waals surface area contributed by atoms with Gasteiger partial charge in [-0.2, -0.15) is 15.0 Å². The number of piperidine rings is 1. The van der Waals surface area contributed by atoms with Crippen molar-refractivity contribution >= 4 is 17.6 Å². The number of ether oxygens (including phenoxy) is 2. The van der Waals surface area contributed by atoms with E-state index in [9.17, 15) is 0 Å². The summed E-state index contributed by atoms with van der Waals surface area (Å²) in [4.78, 5) is 15.6. The van der Waals surface area contributed by atoms with E-state index >= 15 is 0 Å². The molecule has 0 amide bonds. The number of para-hydroxylation sites is 3.